The molecule has 2 atom stereocenters. The lowest BCUT2D eigenvalue weighted by molar-refractivity contribution is -0.0737. The molecule has 2 aromatic rings. The lowest BCUT2D eigenvalue weighted by atomic mass is 9.89. The second kappa shape index (κ2) is 6.53. The molecule has 2 aliphatic rings. The van der Waals surface area contributed by atoms with E-state index < -0.39 is 0 Å². The van der Waals surface area contributed by atoms with Gasteiger partial charge >= 0.3 is 0 Å². The summed E-state index contributed by atoms with van der Waals surface area (Å²) >= 11 is 0. The van der Waals surface area contributed by atoms with Crippen molar-refractivity contribution in [2.45, 2.75) is 44.4 Å². The van der Waals surface area contributed by atoms with Gasteiger partial charge in [-0.25, -0.2) is 4.98 Å². The van der Waals surface area contributed by atoms with E-state index in [0.717, 1.165) is 62.8 Å². The molecule has 24 heavy (non-hydrogen) atoms. The van der Waals surface area contributed by atoms with Crippen molar-refractivity contribution in [3.8, 4) is 0 Å². The summed E-state index contributed by atoms with van der Waals surface area (Å²) in [5.74, 6) is 1.82. The summed E-state index contributed by atoms with van der Waals surface area (Å²) in [6.07, 6.45) is 4.96. The Bertz CT molecular complexity index is 675. The molecule has 2 aliphatic heterocycles. The molecular weight excluding hydrogens is 304 g/mol. The summed E-state index contributed by atoms with van der Waals surface area (Å²) in [7, 11) is 0. The highest BCUT2D eigenvalue weighted by Crippen LogP contribution is 2.35. The van der Waals surface area contributed by atoms with Crippen molar-refractivity contribution in [1.29, 1.82) is 0 Å². The summed E-state index contributed by atoms with van der Waals surface area (Å²) < 4.78 is 11.4. The second-order valence-corrected chi connectivity index (χ2v) is 6.97. The van der Waals surface area contributed by atoms with Gasteiger partial charge in [0.05, 0.1) is 11.3 Å². The molecule has 0 bridgehead atoms. The Morgan fingerprint density at radius 1 is 1.42 bits per heavy atom. The first-order valence-corrected chi connectivity index (χ1v) is 8.67. The standard InChI is InChI=1S/C18H24N4O2/c1-14-10-16(21-24-14)12-22-8-6-18(13-22)11-15(5-9-23-18)20-17-4-2-3-7-19-17/h2-4,7,10,15H,5-6,8-9,11-13H2,1H3,(H,19,20)/t15-,18-/m1/s1. The van der Waals surface area contributed by atoms with Gasteiger partial charge in [0, 0.05) is 44.5 Å². The molecule has 0 saturated carbocycles. The van der Waals surface area contributed by atoms with E-state index in [9.17, 15) is 0 Å². The van der Waals surface area contributed by atoms with Gasteiger partial charge in [0.1, 0.15) is 11.6 Å². The summed E-state index contributed by atoms with van der Waals surface area (Å²) in [5, 5.41) is 7.67. The molecule has 1 N–H and O–H groups in total. The molecule has 4 heterocycles. The van der Waals surface area contributed by atoms with Gasteiger partial charge in [0.25, 0.3) is 0 Å². The molecule has 4 rings (SSSR count). The van der Waals surface area contributed by atoms with Gasteiger partial charge in [0.2, 0.25) is 0 Å². The van der Waals surface area contributed by atoms with Gasteiger partial charge in [0.15, 0.2) is 0 Å². The third kappa shape index (κ3) is 3.44. The van der Waals surface area contributed by atoms with Crippen LogP contribution in [0.1, 0.15) is 30.7 Å². The van der Waals surface area contributed by atoms with E-state index in [-0.39, 0.29) is 5.60 Å². The molecule has 0 amide bonds. The first-order chi connectivity index (χ1) is 11.7. The van der Waals surface area contributed by atoms with Gasteiger partial charge in [-0.2, -0.15) is 0 Å². The average Bonchev–Trinajstić information content (AvgIpc) is 3.15. The lowest BCUT2D eigenvalue weighted by Gasteiger charge is -2.38. The van der Waals surface area contributed by atoms with Crippen molar-refractivity contribution < 1.29 is 9.26 Å². The van der Waals surface area contributed by atoms with Crippen LogP contribution in [0.3, 0.4) is 0 Å². The van der Waals surface area contributed by atoms with Gasteiger partial charge in [-0.05, 0) is 38.3 Å². The van der Waals surface area contributed by atoms with E-state index >= 15 is 0 Å². The summed E-state index contributed by atoms with van der Waals surface area (Å²) in [6, 6.07) is 8.41. The van der Waals surface area contributed by atoms with Gasteiger partial charge < -0.3 is 14.6 Å². The predicted molar refractivity (Wildman–Crippen MR) is 90.7 cm³/mol. The minimum absolute atomic E-state index is 0.0382. The zero-order chi connectivity index (χ0) is 16.4. The third-order valence-electron chi connectivity index (χ3n) is 4.97. The maximum Gasteiger partial charge on any atom is 0.133 e. The highest BCUT2D eigenvalue weighted by Gasteiger charge is 2.43. The Kier molecular flexibility index (Phi) is 4.24. The molecule has 6 nitrogen and oxygen atoms in total. The molecular formula is C18H24N4O2. The van der Waals surface area contributed by atoms with E-state index in [2.05, 4.69) is 20.4 Å². The van der Waals surface area contributed by atoms with Crippen molar-refractivity contribution in [3.05, 3.63) is 41.9 Å². The highest BCUT2D eigenvalue weighted by molar-refractivity contribution is 5.34. The maximum absolute atomic E-state index is 6.22. The molecule has 2 aromatic heterocycles. The Hall–Kier alpha value is -1.92. The molecule has 0 aliphatic carbocycles. The summed E-state index contributed by atoms with van der Waals surface area (Å²) in [5.41, 5.74) is 0.965. The predicted octanol–water partition coefficient (Wildman–Crippen LogP) is 2.61. The van der Waals surface area contributed by atoms with Crippen molar-refractivity contribution in [3.63, 3.8) is 0 Å². The number of rotatable bonds is 4. The van der Waals surface area contributed by atoms with Crippen LogP contribution < -0.4 is 5.32 Å². The molecule has 6 heteroatoms. The first-order valence-electron chi connectivity index (χ1n) is 8.67. The van der Waals surface area contributed by atoms with Crippen LogP contribution in [0.25, 0.3) is 0 Å². The monoisotopic (exact) mass is 328 g/mol. The fraction of sp³-hybridized carbons (Fsp3) is 0.556. The highest BCUT2D eigenvalue weighted by atomic mass is 16.5. The van der Waals surface area contributed by atoms with E-state index in [1.807, 2.05) is 37.4 Å². The van der Waals surface area contributed by atoms with E-state index in [0.29, 0.717) is 6.04 Å². The van der Waals surface area contributed by atoms with Crippen LogP contribution in [0.15, 0.2) is 35.0 Å². The number of ether oxygens (including phenoxy) is 1. The minimum atomic E-state index is -0.0382. The van der Waals surface area contributed by atoms with Crippen LogP contribution >= 0.6 is 0 Å². The van der Waals surface area contributed by atoms with Gasteiger partial charge in [-0.15, -0.1) is 0 Å². The van der Waals surface area contributed by atoms with Crippen LogP contribution in [0, 0.1) is 6.92 Å². The topological polar surface area (TPSA) is 63.4 Å². The molecule has 2 saturated heterocycles. The van der Waals surface area contributed by atoms with E-state index in [1.54, 1.807) is 0 Å². The molecule has 0 radical (unpaired) electrons. The van der Waals surface area contributed by atoms with Crippen molar-refractivity contribution in [1.82, 2.24) is 15.0 Å². The zero-order valence-electron chi connectivity index (χ0n) is 14.1. The fourth-order valence-corrected chi connectivity index (χ4v) is 3.88. The SMILES string of the molecule is Cc1cc(CN2CC[C@@]3(C[C@H](Nc4ccccn4)CCO3)C2)no1. The summed E-state index contributed by atoms with van der Waals surface area (Å²) in [6.45, 7) is 5.57. The second-order valence-electron chi connectivity index (χ2n) is 6.97. The Labute approximate surface area is 142 Å². The average molecular weight is 328 g/mol. The molecule has 0 aromatic carbocycles. The Balaban J connectivity index is 1.36. The van der Waals surface area contributed by atoms with Crippen molar-refractivity contribution >= 4 is 5.82 Å². The smallest absolute Gasteiger partial charge is 0.133 e. The molecule has 2 fully saturated rings. The normalized spacial score (nSPS) is 27.6. The van der Waals surface area contributed by atoms with E-state index in [1.165, 1.54) is 0 Å². The number of hydrogen-bond donors (Lipinski definition) is 1. The third-order valence-corrected chi connectivity index (χ3v) is 4.97. The van der Waals surface area contributed by atoms with Crippen LogP contribution in [-0.2, 0) is 11.3 Å². The van der Waals surface area contributed by atoms with Gasteiger partial charge in [-0.3, -0.25) is 4.90 Å². The maximum atomic E-state index is 6.22. The molecule has 128 valence electrons. The minimum Gasteiger partial charge on any atom is -0.373 e. The van der Waals surface area contributed by atoms with E-state index in [4.69, 9.17) is 9.26 Å². The largest absolute Gasteiger partial charge is 0.373 e. The number of anilines is 1. The zero-order valence-corrected chi connectivity index (χ0v) is 14.1. The fourth-order valence-electron chi connectivity index (χ4n) is 3.88. The van der Waals surface area contributed by atoms with Crippen molar-refractivity contribution in [2.75, 3.05) is 25.0 Å². The number of aromatic nitrogens is 2. The number of nitrogens with one attached hydrogen (secondary N) is 1. The lowest BCUT2D eigenvalue weighted by Crippen LogP contribution is -2.46. The number of likely N-dealkylation sites (tertiary alicyclic amines) is 1. The number of hydrogen-bond acceptors (Lipinski definition) is 6. The van der Waals surface area contributed by atoms with Crippen molar-refractivity contribution in [2.24, 2.45) is 0 Å². The first kappa shape index (κ1) is 15.6. The van der Waals surface area contributed by atoms with Crippen LogP contribution in [0.2, 0.25) is 0 Å². The quantitative estimate of drug-likeness (QED) is 0.931. The van der Waals surface area contributed by atoms with Crippen LogP contribution in [0.5, 0.6) is 0 Å². The van der Waals surface area contributed by atoms with Crippen LogP contribution in [-0.4, -0.2) is 46.4 Å². The molecule has 0 unspecified atom stereocenters. The Morgan fingerprint density at radius 2 is 2.38 bits per heavy atom. The summed E-state index contributed by atoms with van der Waals surface area (Å²) in [4.78, 5) is 6.80. The van der Waals surface area contributed by atoms with Gasteiger partial charge in [-0.1, -0.05) is 11.2 Å². The number of nitrogens with zero attached hydrogens (tertiary/aromatic N) is 3. The number of aryl methyl sites for hydroxylation is 1. The Morgan fingerprint density at radius 3 is 3.17 bits per heavy atom. The number of pyridine rings is 1. The van der Waals surface area contributed by atoms with Crippen LogP contribution in [0.4, 0.5) is 5.82 Å². The molecule has 1 spiro atoms.